The molecule has 2 heterocycles. The lowest BCUT2D eigenvalue weighted by Crippen LogP contribution is -2.35. The molecule has 1 fully saturated rings. The highest BCUT2D eigenvalue weighted by atomic mass is 15.1. The summed E-state index contributed by atoms with van der Waals surface area (Å²) in [6.45, 7) is 4.49. The molecule has 0 saturated carbocycles. The van der Waals surface area contributed by atoms with Crippen molar-refractivity contribution in [2.45, 2.75) is 32.4 Å². The third-order valence-corrected chi connectivity index (χ3v) is 5.56. The highest BCUT2D eigenvalue weighted by Crippen LogP contribution is 2.24. The molecule has 1 aromatic heterocycles. The molecule has 142 valence electrons. The van der Waals surface area contributed by atoms with Crippen molar-refractivity contribution in [3.05, 3.63) is 65.4 Å². The first-order valence-corrected chi connectivity index (χ1v) is 10.0. The topological polar surface area (TPSA) is 35.2 Å². The second-order valence-corrected chi connectivity index (χ2v) is 8.29. The Morgan fingerprint density at radius 2 is 1.85 bits per heavy atom. The smallest absolute Gasteiger partial charge is 0.0650 e. The zero-order chi connectivity index (χ0) is 18.6. The number of hydrogen-bond acceptors (Lipinski definition) is 3. The molecule has 1 aliphatic heterocycles. The normalized spacial score (nSPS) is 18.4. The number of piperidine rings is 1. The molecular weight excluding hydrogens is 332 g/mol. The van der Waals surface area contributed by atoms with Gasteiger partial charge in [-0.15, -0.1) is 0 Å². The largest absolute Gasteiger partial charge is 0.305 e. The summed E-state index contributed by atoms with van der Waals surface area (Å²) in [4.78, 5) is 4.84. The first kappa shape index (κ1) is 18.2. The van der Waals surface area contributed by atoms with Gasteiger partial charge in [0.2, 0.25) is 0 Å². The summed E-state index contributed by atoms with van der Waals surface area (Å²) in [5.74, 6) is 0.746. The van der Waals surface area contributed by atoms with Gasteiger partial charge in [-0.25, -0.2) is 0 Å². The minimum atomic E-state index is 0.746. The average Bonchev–Trinajstić information content (AvgIpc) is 3.11. The van der Waals surface area contributed by atoms with Crippen LogP contribution in [-0.2, 0) is 19.5 Å². The van der Waals surface area contributed by atoms with Gasteiger partial charge in [0.25, 0.3) is 0 Å². The SMILES string of the molecule is CN(C)Cc1ccc(CN2CCCC(Cc3ccc4[nH]ncc4c3)C2)cc1. The summed E-state index contributed by atoms with van der Waals surface area (Å²) in [6, 6.07) is 15.9. The van der Waals surface area contributed by atoms with Gasteiger partial charge in [0.15, 0.2) is 0 Å². The third kappa shape index (κ3) is 4.76. The van der Waals surface area contributed by atoms with Crippen LogP contribution in [-0.4, -0.2) is 47.2 Å². The highest BCUT2D eigenvalue weighted by Gasteiger charge is 2.20. The van der Waals surface area contributed by atoms with Crippen LogP contribution in [0.15, 0.2) is 48.7 Å². The lowest BCUT2D eigenvalue weighted by molar-refractivity contribution is 0.167. The van der Waals surface area contributed by atoms with E-state index in [4.69, 9.17) is 0 Å². The summed E-state index contributed by atoms with van der Waals surface area (Å²) >= 11 is 0. The van der Waals surface area contributed by atoms with E-state index in [0.717, 1.165) is 24.5 Å². The average molecular weight is 363 g/mol. The molecule has 1 unspecified atom stereocenters. The van der Waals surface area contributed by atoms with Gasteiger partial charge in [0.1, 0.15) is 0 Å². The van der Waals surface area contributed by atoms with Crippen molar-refractivity contribution >= 4 is 10.9 Å². The molecule has 27 heavy (non-hydrogen) atoms. The summed E-state index contributed by atoms with van der Waals surface area (Å²) in [6.07, 6.45) is 5.73. The van der Waals surface area contributed by atoms with Crippen LogP contribution in [0.3, 0.4) is 0 Å². The minimum Gasteiger partial charge on any atom is -0.305 e. The van der Waals surface area contributed by atoms with Crippen molar-refractivity contribution in [3.8, 4) is 0 Å². The Hall–Kier alpha value is -2.17. The van der Waals surface area contributed by atoms with Gasteiger partial charge in [-0.2, -0.15) is 5.10 Å². The summed E-state index contributed by atoms with van der Waals surface area (Å²) < 4.78 is 0. The Bertz CT molecular complexity index is 865. The molecule has 2 aromatic carbocycles. The van der Waals surface area contributed by atoms with Crippen LogP contribution in [0, 0.1) is 5.92 Å². The Morgan fingerprint density at radius 3 is 2.67 bits per heavy atom. The zero-order valence-corrected chi connectivity index (χ0v) is 16.5. The summed E-state index contributed by atoms with van der Waals surface area (Å²) in [5, 5.41) is 8.39. The number of aromatic nitrogens is 2. The van der Waals surface area contributed by atoms with E-state index >= 15 is 0 Å². The van der Waals surface area contributed by atoms with E-state index < -0.39 is 0 Å². The van der Waals surface area contributed by atoms with Crippen LogP contribution in [0.1, 0.15) is 29.5 Å². The fourth-order valence-electron chi connectivity index (χ4n) is 4.29. The van der Waals surface area contributed by atoms with E-state index in [0.29, 0.717) is 0 Å². The first-order valence-electron chi connectivity index (χ1n) is 10.0. The maximum absolute atomic E-state index is 4.13. The number of benzene rings is 2. The maximum Gasteiger partial charge on any atom is 0.0650 e. The van der Waals surface area contributed by atoms with Gasteiger partial charge in [-0.1, -0.05) is 30.3 Å². The van der Waals surface area contributed by atoms with E-state index in [1.54, 1.807) is 0 Å². The first-order chi connectivity index (χ1) is 13.2. The number of rotatable bonds is 6. The fourth-order valence-corrected chi connectivity index (χ4v) is 4.29. The predicted octanol–water partition coefficient (Wildman–Crippen LogP) is 4.08. The molecule has 1 aliphatic rings. The Balaban J connectivity index is 1.34. The number of nitrogens with zero attached hydrogens (tertiary/aromatic N) is 3. The molecule has 4 rings (SSSR count). The van der Waals surface area contributed by atoms with Crippen LogP contribution in [0.4, 0.5) is 0 Å². The van der Waals surface area contributed by atoms with E-state index in [9.17, 15) is 0 Å². The highest BCUT2D eigenvalue weighted by molar-refractivity contribution is 5.78. The van der Waals surface area contributed by atoms with E-state index in [-0.39, 0.29) is 0 Å². The van der Waals surface area contributed by atoms with Crippen LogP contribution in [0.25, 0.3) is 10.9 Å². The van der Waals surface area contributed by atoms with Crippen molar-refractivity contribution in [1.29, 1.82) is 0 Å². The quantitative estimate of drug-likeness (QED) is 0.718. The van der Waals surface area contributed by atoms with E-state index in [1.165, 1.54) is 54.4 Å². The van der Waals surface area contributed by atoms with Gasteiger partial charge in [-0.05, 0) is 74.6 Å². The van der Waals surface area contributed by atoms with Crippen molar-refractivity contribution in [3.63, 3.8) is 0 Å². The zero-order valence-electron chi connectivity index (χ0n) is 16.5. The second kappa shape index (κ2) is 8.24. The Morgan fingerprint density at radius 1 is 1.07 bits per heavy atom. The molecule has 1 saturated heterocycles. The van der Waals surface area contributed by atoms with Gasteiger partial charge in [-0.3, -0.25) is 10.00 Å². The van der Waals surface area contributed by atoms with Gasteiger partial charge in [0, 0.05) is 25.0 Å². The Kier molecular flexibility index (Phi) is 5.55. The summed E-state index contributed by atoms with van der Waals surface area (Å²) in [5.41, 5.74) is 5.37. The number of aromatic amines is 1. The molecule has 0 radical (unpaired) electrons. The number of likely N-dealkylation sites (tertiary alicyclic amines) is 1. The molecule has 4 heteroatoms. The van der Waals surface area contributed by atoms with Crippen LogP contribution >= 0.6 is 0 Å². The maximum atomic E-state index is 4.13. The number of hydrogen-bond donors (Lipinski definition) is 1. The molecule has 0 aliphatic carbocycles. The van der Waals surface area contributed by atoms with Crippen LogP contribution in [0.5, 0.6) is 0 Å². The fraction of sp³-hybridized carbons (Fsp3) is 0.435. The molecule has 0 amide bonds. The molecular formula is C23H30N4. The molecule has 4 nitrogen and oxygen atoms in total. The van der Waals surface area contributed by atoms with E-state index in [1.807, 2.05) is 6.20 Å². The van der Waals surface area contributed by atoms with Crippen molar-refractivity contribution in [1.82, 2.24) is 20.0 Å². The van der Waals surface area contributed by atoms with E-state index in [2.05, 4.69) is 76.6 Å². The van der Waals surface area contributed by atoms with Crippen molar-refractivity contribution < 1.29 is 0 Å². The lowest BCUT2D eigenvalue weighted by Gasteiger charge is -2.33. The minimum absolute atomic E-state index is 0.746. The summed E-state index contributed by atoms with van der Waals surface area (Å²) in [7, 11) is 4.23. The second-order valence-electron chi connectivity index (χ2n) is 8.29. The predicted molar refractivity (Wildman–Crippen MR) is 112 cm³/mol. The number of H-pyrrole nitrogens is 1. The third-order valence-electron chi connectivity index (χ3n) is 5.56. The molecule has 0 bridgehead atoms. The van der Waals surface area contributed by atoms with Gasteiger partial charge >= 0.3 is 0 Å². The van der Waals surface area contributed by atoms with Gasteiger partial charge in [0.05, 0.1) is 11.7 Å². The molecule has 0 spiro atoms. The van der Waals surface area contributed by atoms with Gasteiger partial charge < -0.3 is 4.90 Å². The van der Waals surface area contributed by atoms with Crippen LogP contribution < -0.4 is 0 Å². The van der Waals surface area contributed by atoms with Crippen LogP contribution in [0.2, 0.25) is 0 Å². The molecule has 1 N–H and O–H groups in total. The number of nitrogens with one attached hydrogen (secondary N) is 1. The van der Waals surface area contributed by atoms with Crippen molar-refractivity contribution in [2.24, 2.45) is 5.92 Å². The monoisotopic (exact) mass is 362 g/mol. The standard InChI is InChI=1S/C23H30N4/c1-26(2)15-18-5-7-19(8-6-18)16-27-11-3-4-21(17-27)12-20-9-10-23-22(13-20)14-24-25-23/h5-10,13-14,21H,3-4,11-12,15-17H2,1-2H3,(H,24,25). The molecule has 3 aromatic rings. The number of fused-ring (bicyclic) bond motifs is 1. The van der Waals surface area contributed by atoms with Crippen molar-refractivity contribution in [2.75, 3.05) is 27.2 Å². The molecule has 1 atom stereocenters. The lowest BCUT2D eigenvalue weighted by atomic mass is 9.90. The Labute approximate surface area is 162 Å².